The fourth-order valence-electron chi connectivity index (χ4n) is 2.42. The first-order valence-corrected chi connectivity index (χ1v) is 7.62. The molecule has 0 bridgehead atoms. The third-order valence-corrected chi connectivity index (χ3v) is 4.42. The summed E-state index contributed by atoms with van der Waals surface area (Å²) >= 11 is 1.69. The Morgan fingerprint density at radius 1 is 1.29 bits per heavy atom. The largest absolute Gasteiger partial charge is 0.481 e. The molecule has 3 aromatic heterocycles. The van der Waals surface area contributed by atoms with Crippen LogP contribution in [0.3, 0.4) is 0 Å². The fourth-order valence-corrected chi connectivity index (χ4v) is 3.30. The number of pyridine rings is 1. The lowest BCUT2D eigenvalue weighted by atomic mass is 10.2. The van der Waals surface area contributed by atoms with Gasteiger partial charge in [-0.3, -0.25) is 4.79 Å². The summed E-state index contributed by atoms with van der Waals surface area (Å²) in [4.78, 5) is 17.9. The maximum absolute atomic E-state index is 10.9. The second-order valence-corrected chi connectivity index (χ2v) is 6.43. The van der Waals surface area contributed by atoms with Crippen molar-refractivity contribution >= 4 is 23.0 Å². The van der Waals surface area contributed by atoms with Crippen LogP contribution in [0.2, 0.25) is 0 Å². The van der Waals surface area contributed by atoms with Crippen LogP contribution in [0.1, 0.15) is 22.6 Å². The highest BCUT2D eigenvalue weighted by Gasteiger charge is 2.16. The van der Waals surface area contributed by atoms with Crippen molar-refractivity contribution in [2.24, 2.45) is 0 Å². The van der Waals surface area contributed by atoms with Crippen LogP contribution in [0.15, 0.2) is 30.5 Å². The lowest BCUT2D eigenvalue weighted by molar-refractivity contribution is -0.136. The Labute approximate surface area is 126 Å². The quantitative estimate of drug-likeness (QED) is 0.799. The molecule has 0 unspecified atom stereocenters. The van der Waals surface area contributed by atoms with Crippen molar-refractivity contribution in [1.29, 1.82) is 0 Å². The van der Waals surface area contributed by atoms with Gasteiger partial charge in [-0.2, -0.15) is 0 Å². The summed E-state index contributed by atoms with van der Waals surface area (Å²) in [5.74, 6) is -0.786. The van der Waals surface area contributed by atoms with Gasteiger partial charge in [-0.1, -0.05) is 6.07 Å². The topological polar surface area (TPSA) is 54.6 Å². The van der Waals surface area contributed by atoms with E-state index in [2.05, 4.69) is 19.1 Å². The number of rotatable bonds is 4. The highest BCUT2D eigenvalue weighted by molar-refractivity contribution is 7.15. The van der Waals surface area contributed by atoms with E-state index < -0.39 is 5.97 Å². The van der Waals surface area contributed by atoms with Crippen LogP contribution in [0, 0.1) is 13.8 Å². The minimum Gasteiger partial charge on any atom is -0.481 e. The first-order chi connectivity index (χ1) is 10.0. The zero-order valence-electron chi connectivity index (χ0n) is 12.0. The zero-order chi connectivity index (χ0) is 15.0. The Bertz CT molecular complexity index is 817. The van der Waals surface area contributed by atoms with Crippen LogP contribution < -0.4 is 0 Å². The number of hydrogen-bond donors (Lipinski definition) is 1. The number of hydrogen-bond acceptors (Lipinski definition) is 3. The van der Waals surface area contributed by atoms with E-state index in [1.807, 2.05) is 29.7 Å². The minimum atomic E-state index is -0.786. The Morgan fingerprint density at radius 3 is 2.76 bits per heavy atom. The first-order valence-electron chi connectivity index (χ1n) is 6.81. The zero-order valence-corrected chi connectivity index (χ0v) is 12.8. The van der Waals surface area contributed by atoms with Crippen LogP contribution in [-0.2, 0) is 11.2 Å². The fraction of sp³-hybridized carbons (Fsp3) is 0.250. The van der Waals surface area contributed by atoms with Crippen LogP contribution >= 0.6 is 11.3 Å². The van der Waals surface area contributed by atoms with E-state index in [4.69, 9.17) is 10.1 Å². The number of carboxylic acid groups (broad SMARTS) is 1. The van der Waals surface area contributed by atoms with Crippen molar-refractivity contribution in [3.05, 3.63) is 46.6 Å². The van der Waals surface area contributed by atoms with Crippen molar-refractivity contribution in [3.63, 3.8) is 0 Å². The molecular formula is C16H16N2O2S. The number of carbonyl (C=O) groups is 1. The summed E-state index contributed by atoms with van der Waals surface area (Å²) in [6, 6.07) is 8.12. The third kappa shape index (κ3) is 2.69. The van der Waals surface area contributed by atoms with Crippen molar-refractivity contribution in [3.8, 4) is 10.6 Å². The number of fused-ring (bicyclic) bond motifs is 1. The molecule has 0 saturated carbocycles. The van der Waals surface area contributed by atoms with Crippen molar-refractivity contribution in [1.82, 2.24) is 9.38 Å². The van der Waals surface area contributed by atoms with Crippen LogP contribution in [0.4, 0.5) is 0 Å². The summed E-state index contributed by atoms with van der Waals surface area (Å²) in [5.41, 5.74) is 3.87. The van der Waals surface area contributed by atoms with Crippen molar-refractivity contribution in [2.75, 3.05) is 0 Å². The normalized spacial score (nSPS) is 11.1. The number of aromatic nitrogens is 2. The molecule has 5 heteroatoms. The molecule has 0 radical (unpaired) electrons. The number of nitrogens with zero attached hydrogens (tertiary/aromatic N) is 2. The molecule has 0 spiro atoms. The molecule has 108 valence electrons. The van der Waals surface area contributed by atoms with Gasteiger partial charge in [0.2, 0.25) is 0 Å². The van der Waals surface area contributed by atoms with Gasteiger partial charge in [0, 0.05) is 17.5 Å². The van der Waals surface area contributed by atoms with E-state index in [-0.39, 0.29) is 6.42 Å². The molecule has 0 atom stereocenters. The average Bonchev–Trinajstić information content (AvgIpc) is 2.99. The van der Waals surface area contributed by atoms with Gasteiger partial charge in [-0.15, -0.1) is 11.3 Å². The number of carboxylic acids is 1. The van der Waals surface area contributed by atoms with E-state index in [1.54, 1.807) is 11.3 Å². The number of aliphatic carboxylic acids is 1. The van der Waals surface area contributed by atoms with Gasteiger partial charge < -0.3 is 9.51 Å². The molecule has 4 nitrogen and oxygen atoms in total. The smallest absolute Gasteiger partial charge is 0.303 e. The van der Waals surface area contributed by atoms with Gasteiger partial charge in [0.1, 0.15) is 11.3 Å². The SMILES string of the molecule is Cc1ccc2nc(-c3ccc(C)s3)c(CCC(=O)O)n2c1. The molecule has 1 N–H and O–H groups in total. The van der Waals surface area contributed by atoms with E-state index in [0.717, 1.165) is 27.5 Å². The standard InChI is InChI=1S/C16H16N2O2S/c1-10-3-7-14-17-16(13-6-4-11(2)21-13)12(18(14)9-10)5-8-15(19)20/h3-4,6-7,9H,5,8H2,1-2H3,(H,19,20). The molecular weight excluding hydrogens is 284 g/mol. The van der Waals surface area contributed by atoms with E-state index >= 15 is 0 Å². The second kappa shape index (κ2) is 5.33. The molecule has 0 aliphatic carbocycles. The Hall–Kier alpha value is -2.14. The summed E-state index contributed by atoms with van der Waals surface area (Å²) in [5, 5.41) is 8.98. The maximum Gasteiger partial charge on any atom is 0.303 e. The highest BCUT2D eigenvalue weighted by atomic mass is 32.1. The van der Waals surface area contributed by atoms with Gasteiger partial charge in [0.25, 0.3) is 0 Å². The van der Waals surface area contributed by atoms with Gasteiger partial charge in [-0.25, -0.2) is 4.98 Å². The van der Waals surface area contributed by atoms with Gasteiger partial charge in [-0.05, 0) is 37.6 Å². The molecule has 21 heavy (non-hydrogen) atoms. The molecule has 3 aromatic rings. The highest BCUT2D eigenvalue weighted by Crippen LogP contribution is 2.31. The molecule has 0 fully saturated rings. The number of thiophene rings is 1. The predicted octanol–water partition coefficient (Wildman–Crippen LogP) is 3.70. The van der Waals surface area contributed by atoms with Crippen LogP contribution in [0.5, 0.6) is 0 Å². The minimum absolute atomic E-state index is 0.110. The second-order valence-electron chi connectivity index (χ2n) is 5.15. The molecule has 0 aromatic carbocycles. The predicted molar refractivity (Wildman–Crippen MR) is 83.9 cm³/mol. The van der Waals surface area contributed by atoms with Gasteiger partial charge in [0.05, 0.1) is 17.0 Å². The number of imidazole rings is 1. The summed E-state index contributed by atoms with van der Waals surface area (Å²) in [6.07, 6.45) is 2.61. The van der Waals surface area contributed by atoms with Gasteiger partial charge in [0.15, 0.2) is 0 Å². The molecule has 0 aliphatic rings. The van der Waals surface area contributed by atoms with Crippen molar-refractivity contribution < 1.29 is 9.90 Å². The average molecular weight is 300 g/mol. The third-order valence-electron chi connectivity index (χ3n) is 3.41. The van der Waals surface area contributed by atoms with E-state index in [0.29, 0.717) is 6.42 Å². The molecule has 0 saturated heterocycles. The van der Waals surface area contributed by atoms with E-state index in [1.165, 1.54) is 4.88 Å². The molecule has 3 heterocycles. The summed E-state index contributed by atoms with van der Waals surface area (Å²) in [7, 11) is 0. The summed E-state index contributed by atoms with van der Waals surface area (Å²) < 4.78 is 2.02. The van der Waals surface area contributed by atoms with Crippen molar-refractivity contribution in [2.45, 2.75) is 26.7 Å². The maximum atomic E-state index is 10.9. The monoisotopic (exact) mass is 300 g/mol. The molecule has 0 aliphatic heterocycles. The Kier molecular flexibility index (Phi) is 3.51. The van der Waals surface area contributed by atoms with E-state index in [9.17, 15) is 4.79 Å². The summed E-state index contributed by atoms with van der Waals surface area (Å²) in [6.45, 7) is 4.08. The molecule has 0 amide bonds. The Balaban J connectivity index is 2.17. The van der Waals surface area contributed by atoms with Gasteiger partial charge >= 0.3 is 5.97 Å². The number of aryl methyl sites for hydroxylation is 3. The Morgan fingerprint density at radius 2 is 2.10 bits per heavy atom. The van der Waals surface area contributed by atoms with Crippen LogP contribution in [0.25, 0.3) is 16.2 Å². The first kappa shape index (κ1) is 13.8. The van der Waals surface area contributed by atoms with Crippen LogP contribution in [-0.4, -0.2) is 20.5 Å². The molecule has 3 rings (SSSR count). The lowest BCUT2D eigenvalue weighted by Crippen LogP contribution is -2.01. The lowest BCUT2D eigenvalue weighted by Gasteiger charge is -2.03.